The van der Waals surface area contributed by atoms with E-state index in [9.17, 15) is 14.7 Å². The molecule has 4 rings (SSSR count). The number of carboxylic acids is 1. The summed E-state index contributed by atoms with van der Waals surface area (Å²) >= 11 is 0. The number of rotatable bonds is 4. The number of aliphatic carboxylic acids is 1. The molecule has 3 atom stereocenters. The number of ketones is 1. The Balaban J connectivity index is 1.72. The average Bonchev–Trinajstić information content (AvgIpc) is 3.15. The second kappa shape index (κ2) is 5.05. The molecule has 2 aliphatic carbocycles. The van der Waals surface area contributed by atoms with Gasteiger partial charge in [0.1, 0.15) is 0 Å². The predicted octanol–water partition coefficient (Wildman–Crippen LogP) is 4.08. The molecule has 0 saturated heterocycles. The van der Waals surface area contributed by atoms with Crippen LogP contribution in [-0.2, 0) is 4.79 Å². The Morgan fingerprint density at radius 1 is 1.09 bits per heavy atom. The Bertz CT molecular complexity index is 830. The number of hydrogen-bond acceptors (Lipinski definition) is 2. The number of allylic oxidation sites excluding steroid dienone is 2. The van der Waals surface area contributed by atoms with Gasteiger partial charge in [-0.2, -0.15) is 0 Å². The number of carbonyl (C=O) groups is 2. The van der Waals surface area contributed by atoms with Crippen LogP contribution in [0.15, 0.2) is 54.6 Å². The quantitative estimate of drug-likeness (QED) is 0.684. The molecule has 3 unspecified atom stereocenters. The summed E-state index contributed by atoms with van der Waals surface area (Å²) in [6.45, 7) is 0. The molecule has 116 valence electrons. The molecule has 1 saturated carbocycles. The summed E-state index contributed by atoms with van der Waals surface area (Å²) in [6, 6.07) is 13.4. The van der Waals surface area contributed by atoms with Crippen LogP contribution in [0.25, 0.3) is 10.8 Å². The maximum atomic E-state index is 12.9. The van der Waals surface area contributed by atoms with Gasteiger partial charge in [0, 0.05) is 12.0 Å². The maximum Gasteiger partial charge on any atom is 0.310 e. The van der Waals surface area contributed by atoms with Crippen molar-refractivity contribution in [3.63, 3.8) is 0 Å². The lowest BCUT2D eigenvalue weighted by atomic mass is 9.71. The van der Waals surface area contributed by atoms with E-state index in [0.717, 1.165) is 17.2 Å². The fourth-order valence-corrected chi connectivity index (χ4v) is 4.33. The minimum absolute atomic E-state index is 0.0103. The van der Waals surface area contributed by atoms with E-state index >= 15 is 0 Å². The molecule has 2 bridgehead atoms. The summed E-state index contributed by atoms with van der Waals surface area (Å²) in [5.41, 5.74) is -0.288. The zero-order valence-electron chi connectivity index (χ0n) is 12.7. The molecule has 0 amide bonds. The van der Waals surface area contributed by atoms with Crippen molar-refractivity contribution in [3.05, 3.63) is 60.2 Å². The Morgan fingerprint density at radius 2 is 1.87 bits per heavy atom. The molecule has 0 spiro atoms. The molecule has 23 heavy (non-hydrogen) atoms. The van der Waals surface area contributed by atoms with Crippen LogP contribution in [0, 0.1) is 17.3 Å². The minimum atomic E-state index is -0.923. The second-order valence-corrected chi connectivity index (χ2v) is 6.78. The molecule has 1 N–H and O–H groups in total. The van der Waals surface area contributed by atoms with Crippen LogP contribution in [0.1, 0.15) is 29.6 Å². The Kier molecular flexibility index (Phi) is 3.12. The third-order valence-electron chi connectivity index (χ3n) is 5.50. The smallest absolute Gasteiger partial charge is 0.310 e. The fraction of sp³-hybridized carbons (Fsp3) is 0.300. The van der Waals surface area contributed by atoms with Gasteiger partial charge >= 0.3 is 5.97 Å². The highest BCUT2D eigenvalue weighted by Crippen LogP contribution is 2.54. The highest BCUT2D eigenvalue weighted by Gasteiger charge is 2.54. The van der Waals surface area contributed by atoms with Crippen molar-refractivity contribution in [3.8, 4) is 0 Å². The van der Waals surface area contributed by atoms with Crippen molar-refractivity contribution in [2.75, 3.05) is 0 Å². The summed E-state index contributed by atoms with van der Waals surface area (Å²) in [6.07, 6.45) is 5.64. The van der Waals surface area contributed by atoms with Gasteiger partial charge in [0.25, 0.3) is 0 Å². The van der Waals surface area contributed by atoms with Crippen molar-refractivity contribution < 1.29 is 14.7 Å². The molecular weight excluding hydrogens is 288 g/mol. The molecule has 0 aliphatic heterocycles. The standard InChI is InChI=1S/C20H18O3/c21-18(17-7-3-5-14-4-1-2-6-16(14)17)12-20(19(22)23)11-13-8-9-15(20)10-13/h1-9,13,15H,10-12H2,(H,22,23). The Morgan fingerprint density at radius 3 is 2.57 bits per heavy atom. The van der Waals surface area contributed by atoms with Gasteiger partial charge in [0.05, 0.1) is 5.41 Å². The number of carbonyl (C=O) groups excluding carboxylic acids is 1. The fourth-order valence-electron chi connectivity index (χ4n) is 4.33. The molecule has 3 heteroatoms. The van der Waals surface area contributed by atoms with Crippen molar-refractivity contribution in [2.45, 2.75) is 19.3 Å². The summed E-state index contributed by atoms with van der Waals surface area (Å²) in [5.74, 6) is -0.589. The first kappa shape index (κ1) is 14.2. The van der Waals surface area contributed by atoms with Crippen molar-refractivity contribution in [2.24, 2.45) is 17.3 Å². The molecular formula is C20H18O3. The first-order chi connectivity index (χ1) is 11.1. The maximum absolute atomic E-state index is 12.9. The summed E-state index contributed by atoms with van der Waals surface area (Å²) < 4.78 is 0. The lowest BCUT2D eigenvalue weighted by Crippen LogP contribution is -2.37. The first-order valence-corrected chi connectivity index (χ1v) is 8.03. The molecule has 2 aromatic carbocycles. The monoisotopic (exact) mass is 306 g/mol. The molecule has 2 aliphatic rings. The third-order valence-corrected chi connectivity index (χ3v) is 5.50. The lowest BCUT2D eigenvalue weighted by Gasteiger charge is -2.30. The van der Waals surface area contributed by atoms with Gasteiger partial charge in [-0.25, -0.2) is 0 Å². The van der Waals surface area contributed by atoms with Gasteiger partial charge in [0.2, 0.25) is 0 Å². The van der Waals surface area contributed by atoms with E-state index in [2.05, 4.69) is 6.08 Å². The van der Waals surface area contributed by atoms with Gasteiger partial charge in [-0.3, -0.25) is 9.59 Å². The highest BCUT2D eigenvalue weighted by atomic mass is 16.4. The normalized spacial score (nSPS) is 28.3. The topological polar surface area (TPSA) is 54.4 Å². The van der Waals surface area contributed by atoms with E-state index in [1.54, 1.807) is 0 Å². The summed E-state index contributed by atoms with van der Waals surface area (Å²) in [4.78, 5) is 24.9. The predicted molar refractivity (Wildman–Crippen MR) is 88.3 cm³/mol. The highest BCUT2D eigenvalue weighted by molar-refractivity contribution is 6.09. The first-order valence-electron chi connectivity index (χ1n) is 8.03. The van der Waals surface area contributed by atoms with Crippen LogP contribution in [0.3, 0.4) is 0 Å². The number of carboxylic acid groups (broad SMARTS) is 1. The van der Waals surface area contributed by atoms with E-state index in [1.807, 2.05) is 48.5 Å². The van der Waals surface area contributed by atoms with Crippen LogP contribution < -0.4 is 0 Å². The van der Waals surface area contributed by atoms with E-state index in [-0.39, 0.29) is 18.1 Å². The van der Waals surface area contributed by atoms with Crippen molar-refractivity contribution >= 4 is 22.5 Å². The van der Waals surface area contributed by atoms with Gasteiger partial charge < -0.3 is 5.11 Å². The molecule has 3 nitrogen and oxygen atoms in total. The van der Waals surface area contributed by atoms with Gasteiger partial charge in [0.15, 0.2) is 5.78 Å². The van der Waals surface area contributed by atoms with Crippen molar-refractivity contribution in [1.29, 1.82) is 0 Å². The van der Waals surface area contributed by atoms with Crippen LogP contribution in [0.4, 0.5) is 0 Å². The largest absolute Gasteiger partial charge is 0.481 e. The van der Waals surface area contributed by atoms with Crippen LogP contribution in [0.2, 0.25) is 0 Å². The SMILES string of the molecule is O=C(CC1(C(=O)O)CC2C=CC1C2)c1cccc2ccccc12. The number of benzene rings is 2. The second-order valence-electron chi connectivity index (χ2n) is 6.78. The third kappa shape index (κ3) is 2.11. The van der Waals surface area contributed by atoms with Gasteiger partial charge in [-0.1, -0.05) is 54.6 Å². The van der Waals surface area contributed by atoms with Crippen LogP contribution in [-0.4, -0.2) is 16.9 Å². The molecule has 0 radical (unpaired) electrons. The molecule has 0 heterocycles. The summed E-state index contributed by atoms with van der Waals surface area (Å²) in [7, 11) is 0. The van der Waals surface area contributed by atoms with Crippen LogP contribution >= 0.6 is 0 Å². The van der Waals surface area contributed by atoms with Crippen LogP contribution in [0.5, 0.6) is 0 Å². The lowest BCUT2D eigenvalue weighted by molar-refractivity contribution is -0.150. The zero-order valence-corrected chi connectivity index (χ0v) is 12.7. The molecule has 0 aromatic heterocycles. The van der Waals surface area contributed by atoms with E-state index in [1.165, 1.54) is 0 Å². The van der Waals surface area contributed by atoms with Gasteiger partial charge in [-0.05, 0) is 35.4 Å². The zero-order chi connectivity index (χ0) is 16.0. The summed E-state index contributed by atoms with van der Waals surface area (Å²) in [5, 5.41) is 11.7. The average molecular weight is 306 g/mol. The van der Waals surface area contributed by atoms with Gasteiger partial charge in [-0.15, -0.1) is 0 Å². The number of Topliss-reactive ketones (excluding diaryl/α,β-unsaturated/α-hetero) is 1. The molecule has 2 aromatic rings. The van der Waals surface area contributed by atoms with E-state index in [4.69, 9.17) is 0 Å². The Labute approximate surface area is 134 Å². The number of hydrogen-bond donors (Lipinski definition) is 1. The van der Waals surface area contributed by atoms with E-state index in [0.29, 0.717) is 17.9 Å². The Hall–Kier alpha value is -2.42. The van der Waals surface area contributed by atoms with E-state index < -0.39 is 11.4 Å². The minimum Gasteiger partial charge on any atom is -0.481 e. The van der Waals surface area contributed by atoms with Crippen molar-refractivity contribution in [1.82, 2.24) is 0 Å². The molecule has 1 fully saturated rings. The number of fused-ring (bicyclic) bond motifs is 3.